The molecule has 0 aliphatic heterocycles. The van der Waals surface area contributed by atoms with Crippen molar-refractivity contribution in [3.8, 4) is 0 Å². The Bertz CT molecular complexity index is 658. The molecule has 1 heterocycles. The van der Waals surface area contributed by atoms with Crippen LogP contribution in [0.2, 0.25) is 0 Å². The largest absolute Gasteiger partial charge is 0.360 e. The molecule has 116 valence electrons. The number of rotatable bonds is 6. The first-order valence-electron chi connectivity index (χ1n) is 6.39. The van der Waals surface area contributed by atoms with Gasteiger partial charge in [-0.3, -0.25) is 9.59 Å². The van der Waals surface area contributed by atoms with E-state index in [1.165, 1.54) is 11.8 Å². The van der Waals surface area contributed by atoms with Gasteiger partial charge in [-0.1, -0.05) is 5.16 Å². The lowest BCUT2D eigenvalue weighted by Gasteiger charge is -2.05. The summed E-state index contributed by atoms with van der Waals surface area (Å²) in [6, 6.07) is 9.13. The minimum Gasteiger partial charge on any atom is -0.360 e. The van der Waals surface area contributed by atoms with Crippen LogP contribution in [-0.4, -0.2) is 28.5 Å². The van der Waals surface area contributed by atoms with E-state index < -0.39 is 0 Å². The van der Waals surface area contributed by atoms with Gasteiger partial charge in [-0.15, -0.1) is 11.8 Å². The molecule has 0 fully saturated rings. The van der Waals surface area contributed by atoms with E-state index in [-0.39, 0.29) is 23.3 Å². The second-order valence-corrected chi connectivity index (χ2v) is 6.65. The SMILES string of the molecule is Cc1cc(NC(=O)CSCC(=O)Nc2ccc(I)cc2)no1. The number of halogens is 1. The first kappa shape index (κ1) is 16.8. The third kappa shape index (κ3) is 5.68. The summed E-state index contributed by atoms with van der Waals surface area (Å²) >= 11 is 3.43. The van der Waals surface area contributed by atoms with E-state index in [1.54, 1.807) is 13.0 Å². The summed E-state index contributed by atoms with van der Waals surface area (Å²) in [5.41, 5.74) is 0.744. The third-order valence-corrected chi connectivity index (χ3v) is 4.14. The lowest BCUT2D eigenvalue weighted by molar-refractivity contribution is -0.114. The zero-order valence-electron chi connectivity index (χ0n) is 11.8. The molecule has 0 unspecified atom stereocenters. The van der Waals surface area contributed by atoms with Crippen LogP contribution >= 0.6 is 34.4 Å². The van der Waals surface area contributed by atoms with Gasteiger partial charge in [0.25, 0.3) is 0 Å². The minimum absolute atomic E-state index is 0.142. The molecule has 8 heteroatoms. The highest BCUT2D eigenvalue weighted by atomic mass is 127. The van der Waals surface area contributed by atoms with Crippen molar-refractivity contribution < 1.29 is 14.1 Å². The molecule has 2 amide bonds. The maximum Gasteiger partial charge on any atom is 0.235 e. The summed E-state index contributed by atoms with van der Waals surface area (Å²) in [4.78, 5) is 23.4. The zero-order valence-corrected chi connectivity index (χ0v) is 14.7. The molecular formula is C14H14IN3O3S. The number of amides is 2. The van der Waals surface area contributed by atoms with E-state index in [2.05, 4.69) is 38.4 Å². The van der Waals surface area contributed by atoms with Crippen LogP contribution in [0.3, 0.4) is 0 Å². The van der Waals surface area contributed by atoms with Crippen molar-refractivity contribution in [2.24, 2.45) is 0 Å². The number of nitrogens with zero attached hydrogens (tertiary/aromatic N) is 1. The van der Waals surface area contributed by atoms with E-state index >= 15 is 0 Å². The number of aryl methyl sites for hydroxylation is 1. The van der Waals surface area contributed by atoms with Gasteiger partial charge in [0, 0.05) is 15.3 Å². The van der Waals surface area contributed by atoms with Crippen molar-refractivity contribution in [3.63, 3.8) is 0 Å². The number of carbonyl (C=O) groups excluding carboxylic acids is 2. The van der Waals surface area contributed by atoms with E-state index in [9.17, 15) is 9.59 Å². The van der Waals surface area contributed by atoms with Gasteiger partial charge in [0.15, 0.2) is 5.82 Å². The van der Waals surface area contributed by atoms with Crippen LogP contribution in [0.5, 0.6) is 0 Å². The standard InChI is InChI=1S/C14H14IN3O3S/c1-9-6-12(18-21-9)17-14(20)8-22-7-13(19)16-11-4-2-10(15)3-5-11/h2-6H,7-8H2,1H3,(H,16,19)(H,17,18,20). The molecule has 0 atom stereocenters. The van der Waals surface area contributed by atoms with Crippen molar-refractivity contribution in [1.29, 1.82) is 0 Å². The predicted molar refractivity (Wildman–Crippen MR) is 95.0 cm³/mol. The molecule has 0 bridgehead atoms. The summed E-state index contributed by atoms with van der Waals surface area (Å²) < 4.78 is 5.95. The van der Waals surface area contributed by atoms with Gasteiger partial charge in [-0.05, 0) is 53.8 Å². The molecule has 1 aromatic carbocycles. The molecule has 0 aliphatic carbocycles. The van der Waals surface area contributed by atoms with Crippen LogP contribution in [0, 0.1) is 10.5 Å². The summed E-state index contributed by atoms with van der Waals surface area (Å²) in [7, 11) is 0. The monoisotopic (exact) mass is 431 g/mol. The second kappa shape index (κ2) is 8.18. The number of nitrogens with one attached hydrogen (secondary N) is 2. The van der Waals surface area contributed by atoms with E-state index in [1.807, 2.05) is 24.3 Å². The number of benzene rings is 1. The van der Waals surface area contributed by atoms with E-state index in [0.717, 1.165) is 9.26 Å². The van der Waals surface area contributed by atoms with Crippen molar-refractivity contribution in [1.82, 2.24) is 5.16 Å². The van der Waals surface area contributed by atoms with Crippen LogP contribution in [-0.2, 0) is 9.59 Å². The highest BCUT2D eigenvalue weighted by Gasteiger charge is 2.08. The number of carbonyl (C=O) groups is 2. The van der Waals surface area contributed by atoms with Crippen molar-refractivity contribution >= 4 is 57.7 Å². The molecule has 0 radical (unpaired) electrons. The van der Waals surface area contributed by atoms with Gasteiger partial charge in [-0.2, -0.15) is 0 Å². The summed E-state index contributed by atoms with van der Waals surface area (Å²) in [6.07, 6.45) is 0. The summed E-state index contributed by atoms with van der Waals surface area (Å²) in [6.45, 7) is 1.74. The highest BCUT2D eigenvalue weighted by Crippen LogP contribution is 2.12. The van der Waals surface area contributed by atoms with Crippen molar-refractivity contribution in [3.05, 3.63) is 39.7 Å². The Morgan fingerprint density at radius 3 is 2.41 bits per heavy atom. The van der Waals surface area contributed by atoms with Gasteiger partial charge in [0.1, 0.15) is 5.76 Å². The van der Waals surface area contributed by atoms with Crippen LogP contribution in [0.15, 0.2) is 34.9 Å². The number of anilines is 2. The number of hydrogen-bond acceptors (Lipinski definition) is 5. The second-order valence-electron chi connectivity index (χ2n) is 4.42. The van der Waals surface area contributed by atoms with Crippen molar-refractivity contribution in [2.45, 2.75) is 6.92 Å². The molecule has 1 aromatic heterocycles. The van der Waals surface area contributed by atoms with Gasteiger partial charge < -0.3 is 15.2 Å². The van der Waals surface area contributed by atoms with E-state index in [4.69, 9.17) is 4.52 Å². The first-order valence-corrected chi connectivity index (χ1v) is 8.62. The molecule has 0 saturated carbocycles. The predicted octanol–water partition coefficient (Wildman–Crippen LogP) is 2.90. The van der Waals surface area contributed by atoms with Gasteiger partial charge in [0.05, 0.1) is 11.5 Å². The van der Waals surface area contributed by atoms with Gasteiger partial charge in [-0.25, -0.2) is 0 Å². The fourth-order valence-corrected chi connectivity index (χ4v) is 2.55. The molecule has 2 rings (SSSR count). The van der Waals surface area contributed by atoms with Gasteiger partial charge in [0.2, 0.25) is 11.8 Å². The van der Waals surface area contributed by atoms with Crippen LogP contribution in [0.1, 0.15) is 5.76 Å². The lowest BCUT2D eigenvalue weighted by Crippen LogP contribution is -2.18. The van der Waals surface area contributed by atoms with Gasteiger partial charge >= 0.3 is 0 Å². The maximum absolute atomic E-state index is 11.7. The molecule has 2 aromatic rings. The Balaban J connectivity index is 1.68. The minimum atomic E-state index is -0.222. The summed E-state index contributed by atoms with van der Waals surface area (Å²) in [5, 5.41) is 9.03. The average molecular weight is 431 g/mol. The maximum atomic E-state index is 11.7. The van der Waals surface area contributed by atoms with Crippen LogP contribution in [0.25, 0.3) is 0 Å². The summed E-state index contributed by atoms with van der Waals surface area (Å²) in [5.74, 6) is 1.02. The fourth-order valence-electron chi connectivity index (χ4n) is 1.57. The molecule has 6 nitrogen and oxygen atoms in total. The Morgan fingerprint density at radius 1 is 1.18 bits per heavy atom. The Hall–Kier alpha value is -1.55. The number of aromatic nitrogens is 1. The Kier molecular flexibility index (Phi) is 6.25. The lowest BCUT2D eigenvalue weighted by atomic mass is 10.3. The van der Waals surface area contributed by atoms with Crippen LogP contribution in [0.4, 0.5) is 11.5 Å². The van der Waals surface area contributed by atoms with Crippen molar-refractivity contribution in [2.75, 3.05) is 22.1 Å². The molecule has 22 heavy (non-hydrogen) atoms. The number of hydrogen-bond donors (Lipinski definition) is 2. The molecule has 0 aliphatic rings. The quantitative estimate of drug-likeness (QED) is 0.688. The Labute approximate surface area is 145 Å². The average Bonchev–Trinajstić information content (AvgIpc) is 2.86. The fraction of sp³-hybridized carbons (Fsp3) is 0.214. The molecular weight excluding hydrogens is 417 g/mol. The molecule has 2 N–H and O–H groups in total. The highest BCUT2D eigenvalue weighted by molar-refractivity contribution is 14.1. The smallest absolute Gasteiger partial charge is 0.235 e. The zero-order chi connectivity index (χ0) is 15.9. The third-order valence-electron chi connectivity index (χ3n) is 2.49. The molecule has 0 spiro atoms. The number of thioether (sulfide) groups is 1. The molecule has 0 saturated heterocycles. The Morgan fingerprint density at radius 2 is 1.82 bits per heavy atom. The normalized spacial score (nSPS) is 10.3. The topological polar surface area (TPSA) is 84.2 Å². The van der Waals surface area contributed by atoms with Crippen LogP contribution < -0.4 is 10.6 Å². The first-order chi connectivity index (χ1) is 10.5. The van der Waals surface area contributed by atoms with E-state index in [0.29, 0.717) is 11.6 Å².